The molecule has 0 radical (unpaired) electrons. The summed E-state index contributed by atoms with van der Waals surface area (Å²) in [5.74, 6) is -0.892. The van der Waals surface area contributed by atoms with Crippen molar-refractivity contribution in [1.82, 2.24) is 0 Å². The molecule has 0 aliphatic heterocycles. The third-order valence-corrected chi connectivity index (χ3v) is 2.06. The lowest BCUT2D eigenvalue weighted by Gasteiger charge is -2.05. The molecule has 1 heterocycles. The number of furan rings is 1. The van der Waals surface area contributed by atoms with Gasteiger partial charge in [-0.3, -0.25) is 4.79 Å². The fourth-order valence-corrected chi connectivity index (χ4v) is 1.37. The summed E-state index contributed by atoms with van der Waals surface area (Å²) < 4.78 is 10.1. The summed E-state index contributed by atoms with van der Waals surface area (Å²) in [4.78, 5) is 21.1. The topological polar surface area (TPSA) is 76.7 Å². The second-order valence-electron chi connectivity index (χ2n) is 3.15. The monoisotopic (exact) mass is 220 g/mol. The number of carboxylic acid groups (broad SMARTS) is 1. The zero-order chi connectivity index (χ0) is 11.5. The molecule has 5 nitrogen and oxygen atoms in total. The number of carboxylic acids is 1. The summed E-state index contributed by atoms with van der Waals surface area (Å²) in [5.41, 5.74) is 0.848. The van der Waals surface area contributed by atoms with Crippen molar-refractivity contribution in [2.24, 2.45) is 0 Å². The first-order valence-corrected chi connectivity index (χ1v) is 4.51. The van der Waals surface area contributed by atoms with E-state index >= 15 is 0 Å². The number of aliphatic carboxylic acids is 1. The van der Waals surface area contributed by atoms with E-state index in [2.05, 4.69) is 0 Å². The minimum absolute atomic E-state index is 0.208. The molecule has 0 aliphatic carbocycles. The lowest BCUT2D eigenvalue weighted by Crippen LogP contribution is -2.10. The van der Waals surface area contributed by atoms with Gasteiger partial charge in [0, 0.05) is 11.5 Å². The van der Waals surface area contributed by atoms with Crippen molar-refractivity contribution < 1.29 is 23.8 Å². The highest BCUT2D eigenvalue weighted by molar-refractivity contribution is 5.89. The molecule has 2 rings (SSSR count). The molecule has 0 fully saturated rings. The Morgan fingerprint density at radius 3 is 3.00 bits per heavy atom. The SMILES string of the molecule is O=Cc1cc2ccoc2cc1OCC(=O)O. The summed E-state index contributed by atoms with van der Waals surface area (Å²) in [6.07, 6.45) is 2.10. The summed E-state index contributed by atoms with van der Waals surface area (Å²) in [5, 5.41) is 9.24. The molecule has 0 atom stereocenters. The minimum Gasteiger partial charge on any atom is -0.481 e. The van der Waals surface area contributed by atoms with E-state index in [1.807, 2.05) is 0 Å². The van der Waals surface area contributed by atoms with Crippen LogP contribution in [0.1, 0.15) is 10.4 Å². The van der Waals surface area contributed by atoms with E-state index in [0.29, 0.717) is 17.4 Å². The van der Waals surface area contributed by atoms with Crippen molar-refractivity contribution in [2.45, 2.75) is 0 Å². The van der Waals surface area contributed by atoms with Gasteiger partial charge in [0.1, 0.15) is 11.3 Å². The lowest BCUT2D eigenvalue weighted by molar-refractivity contribution is -0.139. The Balaban J connectivity index is 2.40. The maximum absolute atomic E-state index is 10.8. The molecule has 0 saturated carbocycles. The Kier molecular flexibility index (Phi) is 2.59. The molecule has 0 spiro atoms. The number of carbonyl (C=O) groups excluding carboxylic acids is 1. The Labute approximate surface area is 90.2 Å². The number of ether oxygens (including phenoxy) is 1. The van der Waals surface area contributed by atoms with Crippen LogP contribution in [-0.4, -0.2) is 24.0 Å². The molecule has 1 aromatic heterocycles. The average molecular weight is 220 g/mol. The fourth-order valence-electron chi connectivity index (χ4n) is 1.37. The molecule has 0 bridgehead atoms. The van der Waals surface area contributed by atoms with Crippen LogP contribution < -0.4 is 4.74 Å². The standard InChI is InChI=1S/C11H8O5/c12-5-8-3-7-1-2-15-9(7)4-10(8)16-6-11(13)14/h1-5H,6H2,(H,13,14). The summed E-state index contributed by atoms with van der Waals surface area (Å²) >= 11 is 0. The fraction of sp³-hybridized carbons (Fsp3) is 0.0909. The second-order valence-corrected chi connectivity index (χ2v) is 3.15. The van der Waals surface area contributed by atoms with Gasteiger partial charge in [0.25, 0.3) is 0 Å². The summed E-state index contributed by atoms with van der Waals surface area (Å²) in [6, 6.07) is 4.80. The maximum Gasteiger partial charge on any atom is 0.341 e. The van der Waals surface area contributed by atoms with Gasteiger partial charge < -0.3 is 14.3 Å². The van der Waals surface area contributed by atoms with E-state index in [-0.39, 0.29) is 5.75 Å². The molecule has 16 heavy (non-hydrogen) atoms. The molecular formula is C11H8O5. The smallest absolute Gasteiger partial charge is 0.341 e. The Morgan fingerprint density at radius 2 is 2.31 bits per heavy atom. The third kappa shape index (κ3) is 1.88. The molecule has 0 unspecified atom stereocenters. The van der Waals surface area contributed by atoms with Crippen LogP contribution in [-0.2, 0) is 4.79 Å². The van der Waals surface area contributed by atoms with E-state index in [0.717, 1.165) is 5.39 Å². The number of hydrogen-bond acceptors (Lipinski definition) is 4. The maximum atomic E-state index is 10.8. The number of rotatable bonds is 4. The predicted octanol–water partition coefficient (Wildman–Crippen LogP) is 1.71. The number of fused-ring (bicyclic) bond motifs is 1. The highest BCUT2D eigenvalue weighted by Gasteiger charge is 2.09. The number of aldehydes is 1. The van der Waals surface area contributed by atoms with Crippen molar-refractivity contribution in [2.75, 3.05) is 6.61 Å². The van der Waals surface area contributed by atoms with Crippen molar-refractivity contribution in [1.29, 1.82) is 0 Å². The first-order valence-electron chi connectivity index (χ1n) is 4.51. The van der Waals surface area contributed by atoms with Crippen LogP contribution in [0.5, 0.6) is 5.75 Å². The molecule has 0 amide bonds. The Bertz CT molecular complexity index is 540. The van der Waals surface area contributed by atoms with Crippen molar-refractivity contribution in [3.8, 4) is 5.75 Å². The van der Waals surface area contributed by atoms with E-state index in [1.54, 1.807) is 12.1 Å². The normalized spacial score (nSPS) is 10.2. The van der Waals surface area contributed by atoms with Gasteiger partial charge in [0.05, 0.1) is 11.8 Å². The van der Waals surface area contributed by atoms with E-state index in [1.165, 1.54) is 12.3 Å². The average Bonchev–Trinajstić information content (AvgIpc) is 2.71. The third-order valence-electron chi connectivity index (χ3n) is 2.06. The summed E-state index contributed by atoms with van der Waals surface area (Å²) in [7, 11) is 0. The zero-order valence-electron chi connectivity index (χ0n) is 8.17. The van der Waals surface area contributed by atoms with E-state index in [4.69, 9.17) is 14.3 Å². The van der Waals surface area contributed by atoms with Crippen molar-refractivity contribution in [3.05, 3.63) is 30.0 Å². The van der Waals surface area contributed by atoms with Crippen LogP contribution >= 0.6 is 0 Å². The molecule has 2 aromatic rings. The van der Waals surface area contributed by atoms with Crippen molar-refractivity contribution in [3.63, 3.8) is 0 Å². The predicted molar refractivity (Wildman–Crippen MR) is 54.7 cm³/mol. The molecule has 82 valence electrons. The van der Waals surface area contributed by atoms with Gasteiger partial charge in [-0.05, 0) is 12.1 Å². The first-order chi connectivity index (χ1) is 7.70. The zero-order valence-corrected chi connectivity index (χ0v) is 8.17. The second kappa shape index (κ2) is 4.06. The van der Waals surface area contributed by atoms with Crippen LogP contribution in [0.15, 0.2) is 28.9 Å². The molecule has 1 aromatic carbocycles. The molecular weight excluding hydrogens is 212 g/mol. The van der Waals surface area contributed by atoms with E-state index in [9.17, 15) is 9.59 Å². The quantitative estimate of drug-likeness (QED) is 0.793. The highest BCUT2D eigenvalue weighted by atomic mass is 16.5. The van der Waals surface area contributed by atoms with Gasteiger partial charge in [-0.1, -0.05) is 0 Å². The van der Waals surface area contributed by atoms with Gasteiger partial charge in [-0.25, -0.2) is 4.79 Å². The molecule has 1 N–H and O–H groups in total. The van der Waals surface area contributed by atoms with Crippen LogP contribution in [0.3, 0.4) is 0 Å². The van der Waals surface area contributed by atoms with Crippen LogP contribution in [0.2, 0.25) is 0 Å². The summed E-state index contributed by atoms with van der Waals surface area (Å²) in [6.45, 7) is -0.493. The number of hydrogen-bond donors (Lipinski definition) is 1. The first kappa shape index (κ1) is 10.2. The van der Waals surface area contributed by atoms with Crippen LogP contribution in [0, 0.1) is 0 Å². The van der Waals surface area contributed by atoms with Gasteiger partial charge in [-0.15, -0.1) is 0 Å². The Hall–Kier alpha value is -2.30. The van der Waals surface area contributed by atoms with Gasteiger partial charge in [0.15, 0.2) is 12.9 Å². The van der Waals surface area contributed by atoms with Crippen LogP contribution in [0.25, 0.3) is 11.0 Å². The van der Waals surface area contributed by atoms with Gasteiger partial charge in [-0.2, -0.15) is 0 Å². The van der Waals surface area contributed by atoms with Crippen LogP contribution in [0.4, 0.5) is 0 Å². The molecule has 0 saturated heterocycles. The highest BCUT2D eigenvalue weighted by Crippen LogP contribution is 2.25. The number of benzene rings is 1. The molecule has 0 aliphatic rings. The minimum atomic E-state index is -1.10. The largest absolute Gasteiger partial charge is 0.481 e. The lowest BCUT2D eigenvalue weighted by atomic mass is 10.1. The van der Waals surface area contributed by atoms with Crippen molar-refractivity contribution >= 4 is 23.2 Å². The van der Waals surface area contributed by atoms with E-state index < -0.39 is 12.6 Å². The number of carbonyl (C=O) groups is 2. The van der Waals surface area contributed by atoms with Gasteiger partial charge in [0.2, 0.25) is 0 Å². The van der Waals surface area contributed by atoms with Gasteiger partial charge >= 0.3 is 5.97 Å². The Morgan fingerprint density at radius 1 is 1.50 bits per heavy atom. The molecule has 5 heteroatoms.